The summed E-state index contributed by atoms with van der Waals surface area (Å²) >= 11 is 0. The summed E-state index contributed by atoms with van der Waals surface area (Å²) in [6, 6.07) is 9.26. The molecule has 1 N–H and O–H groups in total. The van der Waals surface area contributed by atoms with E-state index in [1.54, 1.807) is 17.0 Å². The van der Waals surface area contributed by atoms with Crippen LogP contribution in [0, 0.1) is 13.8 Å². The second kappa shape index (κ2) is 6.16. The van der Waals surface area contributed by atoms with E-state index >= 15 is 0 Å². The van der Waals surface area contributed by atoms with Crippen molar-refractivity contribution in [2.75, 3.05) is 6.54 Å². The molecular weight excluding hydrogens is 330 g/mol. The lowest BCUT2D eigenvalue weighted by molar-refractivity contribution is -0.138. The van der Waals surface area contributed by atoms with Crippen LogP contribution >= 0.6 is 0 Å². The van der Waals surface area contributed by atoms with Crippen LogP contribution in [0.5, 0.6) is 5.75 Å². The van der Waals surface area contributed by atoms with Crippen molar-refractivity contribution in [3.05, 3.63) is 63.7 Å². The van der Waals surface area contributed by atoms with E-state index in [1.165, 1.54) is 5.56 Å². The van der Waals surface area contributed by atoms with Crippen molar-refractivity contribution in [2.24, 2.45) is 0 Å². The molecule has 134 valence electrons. The Morgan fingerprint density at radius 3 is 2.62 bits per heavy atom. The minimum absolute atomic E-state index is 0.0251. The summed E-state index contributed by atoms with van der Waals surface area (Å²) in [5, 5.41) is 9.18. The van der Waals surface area contributed by atoms with Gasteiger partial charge in [0.25, 0.3) is 5.91 Å². The van der Waals surface area contributed by atoms with E-state index < -0.39 is 12.1 Å². The Labute approximate surface area is 152 Å². The fraction of sp³-hybridized carbons (Fsp3) is 0.333. The number of hydrogen-bond donors (Lipinski definition) is 1. The first-order chi connectivity index (χ1) is 12.4. The van der Waals surface area contributed by atoms with E-state index in [0.717, 1.165) is 34.4 Å². The molecule has 1 atom stereocenters. The number of aromatic carboxylic acids is 1. The number of ether oxygens (including phenoxy) is 1. The summed E-state index contributed by atoms with van der Waals surface area (Å²) in [6.07, 6.45) is 0.836. The number of carboxylic acids is 1. The topological polar surface area (TPSA) is 66.8 Å². The van der Waals surface area contributed by atoms with Crippen molar-refractivity contribution >= 4 is 11.9 Å². The smallest absolute Gasteiger partial charge is 0.335 e. The largest absolute Gasteiger partial charge is 0.480 e. The van der Waals surface area contributed by atoms with Gasteiger partial charge in [0.1, 0.15) is 5.75 Å². The van der Waals surface area contributed by atoms with Crippen LogP contribution in [-0.4, -0.2) is 34.5 Å². The quantitative estimate of drug-likeness (QED) is 0.903. The van der Waals surface area contributed by atoms with Crippen molar-refractivity contribution in [1.29, 1.82) is 0 Å². The van der Waals surface area contributed by atoms with Crippen LogP contribution in [0.25, 0.3) is 0 Å². The minimum Gasteiger partial charge on any atom is -0.480 e. The number of rotatable bonds is 2. The van der Waals surface area contributed by atoms with Crippen LogP contribution < -0.4 is 4.74 Å². The van der Waals surface area contributed by atoms with Crippen LogP contribution in [-0.2, 0) is 24.2 Å². The van der Waals surface area contributed by atoms with E-state index in [9.17, 15) is 14.7 Å². The Kier molecular flexibility index (Phi) is 3.94. The van der Waals surface area contributed by atoms with Gasteiger partial charge in [-0.15, -0.1) is 0 Å². The molecule has 0 saturated heterocycles. The molecule has 2 aromatic rings. The standard InChI is InChI=1S/C21H21NO4/c1-12-7-16-10-19(26-18(16)8-13(12)2)20(23)22-6-5-14-3-4-15(21(24)25)9-17(14)11-22/h3-4,7-9,19H,5-6,10-11H2,1-2H3,(H,24,25). The Balaban J connectivity index is 1.52. The number of nitrogens with zero attached hydrogens (tertiary/aromatic N) is 1. The van der Waals surface area contributed by atoms with E-state index in [1.807, 2.05) is 19.1 Å². The Hall–Kier alpha value is -2.82. The van der Waals surface area contributed by atoms with Gasteiger partial charge in [-0.25, -0.2) is 4.79 Å². The fourth-order valence-electron chi connectivity index (χ4n) is 3.73. The molecule has 2 aromatic carbocycles. The summed E-state index contributed by atoms with van der Waals surface area (Å²) in [7, 11) is 0. The van der Waals surface area contributed by atoms with Crippen LogP contribution in [0.1, 0.15) is 38.2 Å². The number of hydrogen-bond acceptors (Lipinski definition) is 3. The molecule has 26 heavy (non-hydrogen) atoms. The zero-order valence-corrected chi connectivity index (χ0v) is 14.9. The fourth-order valence-corrected chi connectivity index (χ4v) is 3.73. The van der Waals surface area contributed by atoms with Crippen molar-refractivity contribution in [2.45, 2.75) is 39.3 Å². The number of carboxylic acid groups (broad SMARTS) is 1. The van der Waals surface area contributed by atoms with Gasteiger partial charge in [-0.1, -0.05) is 12.1 Å². The predicted molar refractivity (Wildman–Crippen MR) is 96.6 cm³/mol. The van der Waals surface area contributed by atoms with Crippen LogP contribution in [0.4, 0.5) is 0 Å². The number of aryl methyl sites for hydroxylation is 2. The molecule has 0 fully saturated rings. The van der Waals surface area contributed by atoms with Gasteiger partial charge in [-0.05, 0) is 66.3 Å². The molecular formula is C21H21NO4. The average molecular weight is 351 g/mol. The zero-order chi connectivity index (χ0) is 18.4. The van der Waals surface area contributed by atoms with Crippen molar-refractivity contribution < 1.29 is 19.4 Å². The van der Waals surface area contributed by atoms with E-state index in [2.05, 4.69) is 13.0 Å². The third-order valence-corrected chi connectivity index (χ3v) is 5.40. The number of amides is 1. The Morgan fingerprint density at radius 1 is 1.08 bits per heavy atom. The average Bonchev–Trinajstić information content (AvgIpc) is 3.03. The first-order valence-corrected chi connectivity index (χ1v) is 8.83. The maximum absolute atomic E-state index is 13.0. The highest BCUT2D eigenvalue weighted by molar-refractivity contribution is 5.88. The Bertz CT molecular complexity index is 887. The monoisotopic (exact) mass is 351 g/mol. The van der Waals surface area contributed by atoms with Crippen LogP contribution in [0.2, 0.25) is 0 Å². The number of fused-ring (bicyclic) bond motifs is 2. The summed E-state index contributed by atoms with van der Waals surface area (Å²) in [6.45, 7) is 5.16. The van der Waals surface area contributed by atoms with Gasteiger partial charge in [0.15, 0.2) is 6.10 Å². The van der Waals surface area contributed by atoms with Gasteiger partial charge < -0.3 is 14.7 Å². The molecule has 0 spiro atoms. The second-order valence-electron chi connectivity index (χ2n) is 7.15. The first-order valence-electron chi connectivity index (χ1n) is 8.83. The summed E-state index contributed by atoms with van der Waals surface area (Å²) in [5.41, 5.74) is 5.72. The number of benzene rings is 2. The minimum atomic E-state index is -0.948. The molecule has 0 aromatic heterocycles. The molecule has 0 radical (unpaired) electrons. The third kappa shape index (κ3) is 2.83. The second-order valence-corrected chi connectivity index (χ2v) is 7.15. The maximum Gasteiger partial charge on any atom is 0.335 e. The van der Waals surface area contributed by atoms with E-state index in [4.69, 9.17) is 4.74 Å². The van der Waals surface area contributed by atoms with Gasteiger partial charge in [-0.2, -0.15) is 0 Å². The summed E-state index contributed by atoms with van der Waals surface area (Å²) < 4.78 is 5.92. The molecule has 0 aliphatic carbocycles. The molecule has 2 aliphatic heterocycles. The lowest BCUT2D eigenvalue weighted by Crippen LogP contribution is -2.43. The molecule has 2 aliphatic rings. The maximum atomic E-state index is 13.0. The van der Waals surface area contributed by atoms with Crippen molar-refractivity contribution in [3.8, 4) is 5.75 Å². The van der Waals surface area contributed by atoms with Crippen molar-refractivity contribution in [3.63, 3.8) is 0 Å². The highest BCUT2D eigenvalue weighted by Crippen LogP contribution is 2.33. The van der Waals surface area contributed by atoms with Crippen molar-refractivity contribution in [1.82, 2.24) is 4.90 Å². The summed E-state index contributed by atoms with van der Waals surface area (Å²) in [5.74, 6) is -0.170. The van der Waals surface area contributed by atoms with Gasteiger partial charge >= 0.3 is 5.97 Å². The first kappa shape index (κ1) is 16.6. The molecule has 0 saturated carbocycles. The lowest BCUT2D eigenvalue weighted by atomic mass is 9.96. The van der Waals surface area contributed by atoms with E-state index in [0.29, 0.717) is 19.5 Å². The zero-order valence-electron chi connectivity index (χ0n) is 14.9. The molecule has 1 unspecified atom stereocenters. The lowest BCUT2D eigenvalue weighted by Gasteiger charge is -2.30. The van der Waals surface area contributed by atoms with E-state index in [-0.39, 0.29) is 11.5 Å². The molecule has 5 heteroatoms. The normalized spacial score (nSPS) is 18.1. The van der Waals surface area contributed by atoms with Gasteiger partial charge in [0.05, 0.1) is 5.56 Å². The van der Waals surface area contributed by atoms with Crippen LogP contribution in [0.15, 0.2) is 30.3 Å². The van der Waals surface area contributed by atoms with Gasteiger partial charge in [-0.3, -0.25) is 4.79 Å². The number of carbonyl (C=O) groups excluding carboxylic acids is 1. The third-order valence-electron chi connectivity index (χ3n) is 5.40. The molecule has 4 rings (SSSR count). The molecule has 1 amide bonds. The molecule has 0 bridgehead atoms. The number of carbonyl (C=O) groups is 2. The highest BCUT2D eigenvalue weighted by atomic mass is 16.5. The van der Waals surface area contributed by atoms with Gasteiger partial charge in [0, 0.05) is 19.5 Å². The van der Waals surface area contributed by atoms with Crippen LogP contribution in [0.3, 0.4) is 0 Å². The molecule has 5 nitrogen and oxygen atoms in total. The molecule has 2 heterocycles. The van der Waals surface area contributed by atoms with Gasteiger partial charge in [0.2, 0.25) is 0 Å². The SMILES string of the molecule is Cc1cc2c(cc1C)OC(C(=O)N1CCc3ccc(C(=O)O)cc3C1)C2. The highest BCUT2D eigenvalue weighted by Gasteiger charge is 2.34. The Morgan fingerprint density at radius 2 is 1.85 bits per heavy atom. The predicted octanol–water partition coefficient (Wildman–Crippen LogP) is 2.89. The summed E-state index contributed by atoms with van der Waals surface area (Å²) in [4.78, 5) is 25.9.